The molecule has 0 aliphatic rings. The summed E-state index contributed by atoms with van der Waals surface area (Å²) in [5.41, 5.74) is 4.41. The van der Waals surface area contributed by atoms with E-state index in [1.54, 1.807) is 12.1 Å². The Hall–Kier alpha value is -2.71. The van der Waals surface area contributed by atoms with Gasteiger partial charge in [-0.1, -0.05) is 32.0 Å². The van der Waals surface area contributed by atoms with E-state index in [-0.39, 0.29) is 10.8 Å². The molecule has 1 heterocycles. The van der Waals surface area contributed by atoms with Crippen LogP contribution in [0.4, 0.5) is 5.69 Å². The molecule has 8 heteroatoms. The Morgan fingerprint density at radius 2 is 1.72 bits per heavy atom. The van der Waals surface area contributed by atoms with E-state index >= 15 is 0 Å². The van der Waals surface area contributed by atoms with E-state index in [0.29, 0.717) is 38.0 Å². The lowest BCUT2D eigenvalue weighted by Crippen LogP contribution is -2.30. The summed E-state index contributed by atoms with van der Waals surface area (Å²) >= 11 is 0. The second-order valence-corrected chi connectivity index (χ2v) is 9.77. The van der Waals surface area contributed by atoms with Crippen LogP contribution in [0.5, 0.6) is 0 Å². The molecule has 3 aromatic rings. The third-order valence-electron chi connectivity index (χ3n) is 5.78. The van der Waals surface area contributed by atoms with Gasteiger partial charge < -0.3 is 9.88 Å². The van der Waals surface area contributed by atoms with E-state index in [4.69, 9.17) is 0 Å². The fraction of sp³-hybridized carbons (Fsp3) is 0.417. The van der Waals surface area contributed by atoms with E-state index < -0.39 is 10.0 Å². The van der Waals surface area contributed by atoms with Crippen molar-refractivity contribution in [2.45, 2.75) is 58.9 Å². The average Bonchev–Trinajstić information content (AvgIpc) is 3.12. The molecule has 0 unspecified atom stereocenters. The molecule has 1 amide bonds. The number of nitrogens with zero attached hydrogens (tertiary/aromatic N) is 3. The summed E-state index contributed by atoms with van der Waals surface area (Å²) < 4.78 is 29.2. The molecular formula is C24H32N4O3S. The minimum atomic E-state index is -3.55. The van der Waals surface area contributed by atoms with Crippen LogP contribution in [0.25, 0.3) is 11.0 Å². The van der Waals surface area contributed by atoms with Gasteiger partial charge >= 0.3 is 0 Å². The average molecular weight is 457 g/mol. The number of imidazole rings is 1. The number of carbonyl (C=O) groups excluding carboxylic acids is 1. The molecule has 0 bridgehead atoms. The zero-order valence-electron chi connectivity index (χ0n) is 19.5. The van der Waals surface area contributed by atoms with Gasteiger partial charge in [-0.2, -0.15) is 4.31 Å². The van der Waals surface area contributed by atoms with Crippen molar-refractivity contribution in [2.75, 3.05) is 18.4 Å². The van der Waals surface area contributed by atoms with Crippen LogP contribution in [0.2, 0.25) is 0 Å². The molecule has 2 aromatic carbocycles. The third kappa shape index (κ3) is 4.71. The van der Waals surface area contributed by atoms with Crippen molar-refractivity contribution in [3.63, 3.8) is 0 Å². The first-order valence-electron chi connectivity index (χ1n) is 11.1. The number of rotatable bonds is 9. The molecule has 172 valence electrons. The zero-order chi connectivity index (χ0) is 23.5. The van der Waals surface area contributed by atoms with Crippen LogP contribution in [0.1, 0.15) is 44.1 Å². The fourth-order valence-electron chi connectivity index (χ4n) is 4.02. The first-order valence-corrected chi connectivity index (χ1v) is 12.5. The summed E-state index contributed by atoms with van der Waals surface area (Å²) in [5, 5.41) is 3.01. The lowest BCUT2D eigenvalue weighted by atomic mass is 10.1. The predicted octanol–water partition coefficient (Wildman–Crippen LogP) is 4.27. The first-order chi connectivity index (χ1) is 15.2. The van der Waals surface area contributed by atoms with E-state index in [0.717, 1.165) is 28.2 Å². The minimum Gasteiger partial charge on any atom is -0.328 e. The van der Waals surface area contributed by atoms with Crippen molar-refractivity contribution >= 4 is 32.7 Å². The Bertz CT molecular complexity index is 1210. The topological polar surface area (TPSA) is 84.3 Å². The van der Waals surface area contributed by atoms with Crippen LogP contribution < -0.4 is 5.32 Å². The van der Waals surface area contributed by atoms with Crippen LogP contribution in [0.15, 0.2) is 41.3 Å². The number of anilines is 1. The van der Waals surface area contributed by atoms with Crippen molar-refractivity contribution in [3.8, 4) is 0 Å². The lowest BCUT2D eigenvalue weighted by Gasteiger charge is -2.18. The van der Waals surface area contributed by atoms with Gasteiger partial charge in [-0.25, -0.2) is 13.4 Å². The number of hydrogen-bond acceptors (Lipinski definition) is 4. The van der Waals surface area contributed by atoms with Crippen LogP contribution in [-0.4, -0.2) is 41.3 Å². The maximum absolute atomic E-state index is 12.9. The van der Waals surface area contributed by atoms with Gasteiger partial charge in [0.05, 0.1) is 15.9 Å². The summed E-state index contributed by atoms with van der Waals surface area (Å²) in [6, 6.07) is 11.0. The highest BCUT2D eigenvalue weighted by atomic mass is 32.2. The Balaban J connectivity index is 1.83. The lowest BCUT2D eigenvalue weighted by molar-refractivity contribution is -0.116. The van der Waals surface area contributed by atoms with E-state index in [1.807, 2.05) is 63.5 Å². The van der Waals surface area contributed by atoms with Gasteiger partial charge in [-0.3, -0.25) is 4.79 Å². The fourth-order valence-corrected chi connectivity index (χ4v) is 5.49. The van der Waals surface area contributed by atoms with Crippen molar-refractivity contribution in [3.05, 3.63) is 53.3 Å². The number of carbonyl (C=O) groups is 1. The first kappa shape index (κ1) is 23.9. The molecule has 0 aliphatic heterocycles. The number of hydrogen-bond donors (Lipinski definition) is 1. The van der Waals surface area contributed by atoms with E-state index in [9.17, 15) is 13.2 Å². The normalized spacial score (nSPS) is 11.9. The SMILES string of the molecule is CCN(CC)S(=O)(=O)c1ccc2c(c1)nc(CCC(=O)Nc1c(C)cccc1C)n2CC. The van der Waals surface area contributed by atoms with Crippen molar-refractivity contribution < 1.29 is 13.2 Å². The number of benzene rings is 2. The van der Waals surface area contributed by atoms with Gasteiger partial charge in [0, 0.05) is 38.2 Å². The number of sulfonamides is 1. The number of nitrogens with one attached hydrogen (secondary N) is 1. The summed E-state index contributed by atoms with van der Waals surface area (Å²) in [4.78, 5) is 17.5. The second-order valence-electron chi connectivity index (χ2n) is 7.83. The molecule has 0 spiro atoms. The standard InChI is InChI=1S/C24H32N4O3S/c1-6-27(7-2)32(30,31)19-12-13-21-20(16-19)25-22(28(21)8-3)14-15-23(29)26-24-17(4)10-9-11-18(24)5/h9-13,16H,6-8,14-15H2,1-5H3,(H,26,29). The summed E-state index contributed by atoms with van der Waals surface area (Å²) in [5.74, 6) is 0.707. The smallest absolute Gasteiger partial charge is 0.243 e. The summed E-state index contributed by atoms with van der Waals surface area (Å²) in [6.45, 7) is 11.1. The highest BCUT2D eigenvalue weighted by Gasteiger charge is 2.23. The third-order valence-corrected chi connectivity index (χ3v) is 7.83. The molecule has 32 heavy (non-hydrogen) atoms. The maximum atomic E-state index is 12.9. The van der Waals surface area contributed by atoms with Gasteiger partial charge in [-0.05, 0) is 50.1 Å². The van der Waals surface area contributed by atoms with Gasteiger partial charge in [0.15, 0.2) is 0 Å². The largest absolute Gasteiger partial charge is 0.328 e. The monoisotopic (exact) mass is 456 g/mol. The molecule has 0 atom stereocenters. The quantitative estimate of drug-likeness (QED) is 0.521. The molecule has 0 aliphatic carbocycles. The Morgan fingerprint density at radius 3 is 2.31 bits per heavy atom. The van der Waals surface area contributed by atoms with Gasteiger partial charge in [0.1, 0.15) is 5.82 Å². The second kappa shape index (κ2) is 9.83. The highest BCUT2D eigenvalue weighted by Crippen LogP contribution is 2.24. The number of amides is 1. The molecule has 3 rings (SSSR count). The summed E-state index contributed by atoms with van der Waals surface area (Å²) in [6.07, 6.45) is 0.763. The van der Waals surface area contributed by atoms with Crippen LogP contribution in [0.3, 0.4) is 0 Å². The number of fused-ring (bicyclic) bond motifs is 1. The Morgan fingerprint density at radius 1 is 1.06 bits per heavy atom. The minimum absolute atomic E-state index is 0.0677. The van der Waals surface area contributed by atoms with Crippen molar-refractivity contribution in [2.24, 2.45) is 0 Å². The summed E-state index contributed by atoms with van der Waals surface area (Å²) in [7, 11) is -3.55. The van der Waals surface area contributed by atoms with Crippen LogP contribution in [0, 0.1) is 13.8 Å². The highest BCUT2D eigenvalue weighted by molar-refractivity contribution is 7.89. The molecular weight excluding hydrogens is 424 g/mol. The molecule has 1 N–H and O–H groups in total. The zero-order valence-corrected chi connectivity index (χ0v) is 20.3. The molecule has 0 fully saturated rings. The molecule has 0 radical (unpaired) electrons. The van der Waals surface area contributed by atoms with Crippen molar-refractivity contribution in [1.29, 1.82) is 0 Å². The molecule has 7 nitrogen and oxygen atoms in total. The Labute approximate surface area is 190 Å². The van der Waals surface area contributed by atoms with Gasteiger partial charge in [0.2, 0.25) is 15.9 Å². The molecule has 0 saturated heterocycles. The van der Waals surface area contributed by atoms with Crippen LogP contribution in [-0.2, 0) is 27.8 Å². The van der Waals surface area contributed by atoms with E-state index in [2.05, 4.69) is 10.3 Å². The molecule has 1 aromatic heterocycles. The van der Waals surface area contributed by atoms with Crippen molar-refractivity contribution in [1.82, 2.24) is 13.9 Å². The number of para-hydroxylation sites is 1. The predicted molar refractivity (Wildman–Crippen MR) is 128 cm³/mol. The number of aromatic nitrogens is 2. The number of aryl methyl sites for hydroxylation is 4. The van der Waals surface area contributed by atoms with Gasteiger partial charge in [0.25, 0.3) is 0 Å². The van der Waals surface area contributed by atoms with Crippen LogP contribution >= 0.6 is 0 Å². The Kier molecular flexibility index (Phi) is 7.36. The molecule has 0 saturated carbocycles. The van der Waals surface area contributed by atoms with E-state index in [1.165, 1.54) is 4.31 Å². The van der Waals surface area contributed by atoms with Gasteiger partial charge in [-0.15, -0.1) is 0 Å². The maximum Gasteiger partial charge on any atom is 0.243 e.